The van der Waals surface area contributed by atoms with Crippen molar-refractivity contribution in [2.75, 3.05) is 12.9 Å². The third-order valence-electron chi connectivity index (χ3n) is 3.57. The second-order valence-corrected chi connectivity index (χ2v) is 7.13. The third-order valence-corrected chi connectivity index (χ3v) is 5.02. The summed E-state index contributed by atoms with van der Waals surface area (Å²) in [5, 5.41) is 3.51. The number of hydrogen-bond acceptors (Lipinski definition) is 3. The number of carbonyl (C=O) groups excluding carboxylic acids is 1. The number of amides is 1. The van der Waals surface area contributed by atoms with Crippen molar-refractivity contribution in [2.45, 2.75) is 37.5 Å². The molecule has 1 N–H and O–H groups in total. The van der Waals surface area contributed by atoms with Gasteiger partial charge in [-0.3, -0.25) is 9.00 Å². The molecule has 1 aliphatic rings. The van der Waals surface area contributed by atoms with Gasteiger partial charge in [-0.05, 0) is 31.0 Å². The van der Waals surface area contributed by atoms with Crippen LogP contribution in [0.3, 0.4) is 0 Å². The summed E-state index contributed by atoms with van der Waals surface area (Å²) in [6.45, 7) is 0. The molecule has 0 radical (unpaired) electrons. The molecule has 1 saturated carbocycles. The molecule has 0 aromatic heterocycles. The van der Waals surface area contributed by atoms with Crippen LogP contribution in [0.25, 0.3) is 0 Å². The quantitative estimate of drug-likeness (QED) is 0.873. The molecule has 21 heavy (non-hydrogen) atoms. The third kappa shape index (κ3) is 5.00. The van der Waals surface area contributed by atoms with Crippen molar-refractivity contribution in [3.63, 3.8) is 0 Å². The molecule has 116 valence electrons. The van der Waals surface area contributed by atoms with Crippen LogP contribution in [0.1, 0.15) is 31.2 Å². The van der Waals surface area contributed by atoms with Gasteiger partial charge < -0.3 is 10.1 Å². The maximum atomic E-state index is 12.1. The normalized spacial score (nSPS) is 16.7. The zero-order chi connectivity index (χ0) is 15.2. The maximum Gasteiger partial charge on any atom is 0.232 e. The first-order chi connectivity index (χ1) is 10.1. The molecule has 1 atom stereocenters. The fourth-order valence-corrected chi connectivity index (χ4v) is 3.82. The highest BCUT2D eigenvalue weighted by Crippen LogP contribution is 2.24. The van der Waals surface area contributed by atoms with Crippen LogP contribution < -0.4 is 10.1 Å². The molecule has 0 heterocycles. The van der Waals surface area contributed by atoms with Crippen molar-refractivity contribution < 1.29 is 13.7 Å². The second-order valence-electron chi connectivity index (χ2n) is 5.23. The Kier molecular flexibility index (Phi) is 6.06. The Morgan fingerprint density at radius 1 is 1.43 bits per heavy atom. The summed E-state index contributed by atoms with van der Waals surface area (Å²) in [4.78, 5) is 11.9. The molecule has 1 fully saturated rings. The molecular formula is C15H20ClNO3S. The van der Waals surface area contributed by atoms with Crippen molar-refractivity contribution in [3.8, 4) is 5.75 Å². The van der Waals surface area contributed by atoms with Crippen molar-refractivity contribution in [1.29, 1.82) is 0 Å². The maximum absolute atomic E-state index is 12.1. The van der Waals surface area contributed by atoms with Crippen LogP contribution in [0.4, 0.5) is 0 Å². The SMILES string of the molecule is COc1ccc(Cl)cc1CS(=O)CC(=O)NC1CCCC1. The predicted molar refractivity (Wildman–Crippen MR) is 85.1 cm³/mol. The summed E-state index contributed by atoms with van der Waals surface area (Å²) in [6.07, 6.45) is 4.38. The fraction of sp³-hybridized carbons (Fsp3) is 0.533. The lowest BCUT2D eigenvalue weighted by Crippen LogP contribution is -2.35. The minimum atomic E-state index is -1.27. The van der Waals surface area contributed by atoms with E-state index < -0.39 is 10.8 Å². The topological polar surface area (TPSA) is 55.4 Å². The van der Waals surface area contributed by atoms with E-state index in [1.54, 1.807) is 25.3 Å². The van der Waals surface area contributed by atoms with Crippen LogP contribution in [-0.4, -0.2) is 29.0 Å². The van der Waals surface area contributed by atoms with Crippen molar-refractivity contribution in [2.24, 2.45) is 0 Å². The number of halogens is 1. The van der Waals surface area contributed by atoms with Crippen molar-refractivity contribution in [3.05, 3.63) is 28.8 Å². The average molecular weight is 330 g/mol. The highest BCUT2D eigenvalue weighted by atomic mass is 35.5. The highest BCUT2D eigenvalue weighted by molar-refractivity contribution is 7.84. The van der Waals surface area contributed by atoms with Gasteiger partial charge in [0.05, 0.1) is 12.9 Å². The van der Waals surface area contributed by atoms with Crippen LogP contribution >= 0.6 is 11.6 Å². The lowest BCUT2D eigenvalue weighted by Gasteiger charge is -2.12. The van der Waals surface area contributed by atoms with Gasteiger partial charge in [-0.25, -0.2) is 0 Å². The molecule has 1 aromatic carbocycles. The molecule has 1 aliphatic carbocycles. The van der Waals surface area contributed by atoms with Gasteiger partial charge in [0.1, 0.15) is 11.5 Å². The molecule has 1 amide bonds. The van der Waals surface area contributed by atoms with E-state index in [4.69, 9.17) is 16.3 Å². The number of carbonyl (C=O) groups is 1. The highest BCUT2D eigenvalue weighted by Gasteiger charge is 2.18. The lowest BCUT2D eigenvalue weighted by molar-refractivity contribution is -0.119. The molecule has 4 nitrogen and oxygen atoms in total. The Balaban J connectivity index is 1.89. The minimum absolute atomic E-state index is 0.0200. The van der Waals surface area contributed by atoms with Gasteiger partial charge in [0, 0.05) is 27.4 Å². The van der Waals surface area contributed by atoms with Crippen LogP contribution in [0.15, 0.2) is 18.2 Å². The smallest absolute Gasteiger partial charge is 0.232 e. The minimum Gasteiger partial charge on any atom is -0.496 e. The molecule has 0 saturated heterocycles. The Labute approximate surface area is 132 Å². The standard InChI is InChI=1S/C15H20ClNO3S/c1-20-14-7-6-12(16)8-11(14)9-21(19)10-15(18)17-13-4-2-3-5-13/h6-8,13H,2-5,9-10H2,1H3,(H,17,18). The predicted octanol–water partition coefficient (Wildman–Crippen LogP) is 2.66. The Hall–Kier alpha value is -1.07. The summed E-state index contributed by atoms with van der Waals surface area (Å²) < 4.78 is 17.3. The van der Waals surface area contributed by atoms with Crippen molar-refractivity contribution >= 4 is 28.3 Å². The van der Waals surface area contributed by atoms with Gasteiger partial charge in [0.2, 0.25) is 5.91 Å². The molecule has 2 rings (SSSR count). The van der Waals surface area contributed by atoms with E-state index in [-0.39, 0.29) is 23.5 Å². The Morgan fingerprint density at radius 3 is 2.81 bits per heavy atom. The molecular weight excluding hydrogens is 310 g/mol. The molecule has 0 spiro atoms. The molecule has 0 bridgehead atoms. The number of ether oxygens (including phenoxy) is 1. The number of benzene rings is 1. The van der Waals surface area contributed by atoms with Crippen molar-refractivity contribution in [1.82, 2.24) is 5.32 Å². The monoisotopic (exact) mass is 329 g/mol. The van der Waals surface area contributed by atoms with Gasteiger partial charge in [0.25, 0.3) is 0 Å². The zero-order valence-electron chi connectivity index (χ0n) is 12.1. The van der Waals surface area contributed by atoms with Gasteiger partial charge in [0.15, 0.2) is 0 Å². The molecule has 6 heteroatoms. The first-order valence-corrected chi connectivity index (χ1v) is 8.92. The fourth-order valence-electron chi connectivity index (χ4n) is 2.57. The van der Waals surface area contributed by atoms with Crippen LogP contribution in [0.2, 0.25) is 5.02 Å². The largest absolute Gasteiger partial charge is 0.496 e. The zero-order valence-corrected chi connectivity index (χ0v) is 13.6. The van der Waals surface area contributed by atoms with Crippen LogP contribution in [-0.2, 0) is 21.3 Å². The number of methoxy groups -OCH3 is 1. The first-order valence-electron chi connectivity index (χ1n) is 7.05. The van der Waals surface area contributed by atoms with Crippen LogP contribution in [0.5, 0.6) is 5.75 Å². The summed E-state index contributed by atoms with van der Waals surface area (Å²) in [5.41, 5.74) is 0.761. The van der Waals surface area contributed by atoms with E-state index in [2.05, 4.69) is 5.32 Å². The average Bonchev–Trinajstić information content (AvgIpc) is 2.91. The number of nitrogens with one attached hydrogen (secondary N) is 1. The van der Waals surface area contributed by atoms with Gasteiger partial charge >= 0.3 is 0 Å². The Morgan fingerprint density at radius 2 is 2.14 bits per heavy atom. The number of hydrogen-bond donors (Lipinski definition) is 1. The van der Waals surface area contributed by atoms with E-state index in [1.165, 1.54) is 0 Å². The summed E-state index contributed by atoms with van der Waals surface area (Å²) in [6, 6.07) is 5.45. The Bertz CT molecular complexity index is 530. The van der Waals surface area contributed by atoms with E-state index in [9.17, 15) is 9.00 Å². The van der Waals surface area contributed by atoms with E-state index in [0.717, 1.165) is 31.2 Å². The summed E-state index contributed by atoms with van der Waals surface area (Å²) in [5.74, 6) is 0.790. The van der Waals surface area contributed by atoms with Gasteiger partial charge in [-0.1, -0.05) is 24.4 Å². The number of rotatable bonds is 6. The van der Waals surface area contributed by atoms with Gasteiger partial charge in [-0.2, -0.15) is 0 Å². The van der Waals surface area contributed by atoms with E-state index in [1.807, 2.05) is 0 Å². The molecule has 1 unspecified atom stereocenters. The van der Waals surface area contributed by atoms with E-state index >= 15 is 0 Å². The van der Waals surface area contributed by atoms with Gasteiger partial charge in [-0.15, -0.1) is 0 Å². The molecule has 1 aromatic rings. The second kappa shape index (κ2) is 7.80. The van der Waals surface area contributed by atoms with Crippen LogP contribution in [0, 0.1) is 0 Å². The lowest BCUT2D eigenvalue weighted by atomic mass is 10.2. The molecule has 0 aliphatic heterocycles. The summed E-state index contributed by atoms with van der Waals surface area (Å²) >= 11 is 5.94. The first kappa shape index (κ1) is 16.3. The van der Waals surface area contributed by atoms with E-state index in [0.29, 0.717) is 10.8 Å². The summed E-state index contributed by atoms with van der Waals surface area (Å²) in [7, 11) is 0.286.